The number of thiol groups is 1. The number of carbonyl (C=O) groups is 1. The fourth-order valence-electron chi connectivity index (χ4n) is 8.70. The number of aliphatic hydroxyl groups is 2. The van der Waals surface area contributed by atoms with Crippen molar-refractivity contribution in [2.24, 2.45) is 39.3 Å². The molecule has 9 nitrogen and oxygen atoms in total. The lowest BCUT2D eigenvalue weighted by Gasteiger charge is -2.61. The summed E-state index contributed by atoms with van der Waals surface area (Å²) < 4.78 is 24.4. The number of fused-ring (bicyclic) bond motifs is 5. The van der Waals surface area contributed by atoms with E-state index in [1.807, 2.05) is 6.92 Å². The summed E-state index contributed by atoms with van der Waals surface area (Å²) in [7, 11) is 0. The second-order valence-electron chi connectivity index (χ2n) is 12.4. The van der Waals surface area contributed by atoms with E-state index in [0.717, 1.165) is 36.9 Å². The van der Waals surface area contributed by atoms with Crippen LogP contribution in [0.2, 0.25) is 0 Å². The van der Waals surface area contributed by atoms with Crippen LogP contribution in [0.3, 0.4) is 0 Å². The van der Waals surface area contributed by atoms with E-state index in [0.29, 0.717) is 24.9 Å². The van der Waals surface area contributed by atoms with Crippen LogP contribution in [0.4, 0.5) is 10.1 Å². The molecule has 4 aliphatic carbocycles. The van der Waals surface area contributed by atoms with Gasteiger partial charge in [-0.1, -0.05) is 19.4 Å². The van der Waals surface area contributed by atoms with Crippen LogP contribution in [-0.4, -0.2) is 49.0 Å². The van der Waals surface area contributed by atoms with Crippen LogP contribution in [-0.2, 0) is 4.74 Å². The van der Waals surface area contributed by atoms with Crippen molar-refractivity contribution in [1.82, 2.24) is 9.97 Å². The number of nitrogens with two attached hydrogens (primary N) is 1. The quantitative estimate of drug-likeness (QED) is 0.178. The van der Waals surface area contributed by atoms with Gasteiger partial charge in [-0.2, -0.15) is 4.39 Å². The SMILES string of the molecule is CC12CC(=CN)C(=Nc3ccc(F)nc3)C=C1CCC1C2C(O)CC2(C)C1CCC2(OC(=O)c1cocn1)C(O)S. The van der Waals surface area contributed by atoms with Crippen molar-refractivity contribution in [3.05, 3.63) is 66.1 Å². The molecule has 4 aliphatic rings. The molecule has 0 amide bonds. The largest absolute Gasteiger partial charge is 0.451 e. The third-order valence-electron chi connectivity index (χ3n) is 10.5. The van der Waals surface area contributed by atoms with Gasteiger partial charge < -0.3 is 25.1 Å². The normalized spacial score (nSPS) is 39.0. The maximum Gasteiger partial charge on any atom is 0.361 e. The Kier molecular flexibility index (Phi) is 6.90. The van der Waals surface area contributed by atoms with Gasteiger partial charge in [0.25, 0.3) is 0 Å². The van der Waals surface area contributed by atoms with Gasteiger partial charge in [0.15, 0.2) is 17.7 Å². The predicted octanol–water partition coefficient (Wildman–Crippen LogP) is 4.51. The third kappa shape index (κ3) is 4.27. The molecule has 3 saturated carbocycles. The molecule has 2 aromatic rings. The van der Waals surface area contributed by atoms with E-state index in [9.17, 15) is 19.4 Å². The summed E-state index contributed by atoms with van der Waals surface area (Å²) in [6.07, 6.45) is 10.4. The maximum absolute atomic E-state index is 13.3. The molecule has 8 unspecified atom stereocenters. The first-order valence-electron chi connectivity index (χ1n) is 14.0. The molecule has 0 radical (unpaired) electrons. The predicted molar refractivity (Wildman–Crippen MR) is 152 cm³/mol. The van der Waals surface area contributed by atoms with Crippen molar-refractivity contribution in [1.29, 1.82) is 0 Å². The van der Waals surface area contributed by atoms with E-state index in [-0.39, 0.29) is 28.9 Å². The lowest BCUT2D eigenvalue weighted by Crippen LogP contribution is -2.63. The number of esters is 1. The summed E-state index contributed by atoms with van der Waals surface area (Å²) in [5.41, 5.74) is 5.84. The number of carbonyl (C=O) groups excluding carboxylic acids is 1. The van der Waals surface area contributed by atoms with Crippen LogP contribution in [0, 0.1) is 34.5 Å². The number of rotatable bonds is 4. The van der Waals surface area contributed by atoms with Crippen LogP contribution in [0.1, 0.15) is 62.9 Å². The fraction of sp³-hybridized carbons (Fsp3) is 0.533. The molecule has 2 heterocycles. The number of aliphatic imine (C=N–C) groups is 1. The molecule has 0 bridgehead atoms. The lowest BCUT2D eigenvalue weighted by atomic mass is 9.45. The average molecular weight is 583 g/mol. The van der Waals surface area contributed by atoms with Gasteiger partial charge in [-0.25, -0.2) is 19.8 Å². The van der Waals surface area contributed by atoms with Gasteiger partial charge in [-0.15, -0.1) is 12.6 Å². The average Bonchev–Trinajstić information content (AvgIpc) is 3.57. The molecule has 218 valence electrons. The Hall–Kier alpha value is -3.02. The summed E-state index contributed by atoms with van der Waals surface area (Å²) >= 11 is 4.43. The zero-order valence-corrected chi connectivity index (χ0v) is 23.9. The molecule has 2 aromatic heterocycles. The van der Waals surface area contributed by atoms with E-state index >= 15 is 0 Å². The minimum absolute atomic E-state index is 0.0248. The van der Waals surface area contributed by atoms with Gasteiger partial charge in [0.2, 0.25) is 5.95 Å². The summed E-state index contributed by atoms with van der Waals surface area (Å²) in [5.74, 6) is -1.09. The monoisotopic (exact) mass is 582 g/mol. The molecule has 4 N–H and O–H groups in total. The summed E-state index contributed by atoms with van der Waals surface area (Å²) in [4.78, 5) is 25.4. The van der Waals surface area contributed by atoms with Gasteiger partial charge >= 0.3 is 5.97 Å². The highest BCUT2D eigenvalue weighted by atomic mass is 32.1. The van der Waals surface area contributed by atoms with E-state index in [4.69, 9.17) is 19.9 Å². The Balaban J connectivity index is 1.34. The number of allylic oxidation sites excluding steroid dienone is 3. The van der Waals surface area contributed by atoms with Gasteiger partial charge in [0, 0.05) is 5.41 Å². The number of halogens is 1. The molecule has 6 rings (SSSR count). The topological polar surface area (TPSA) is 144 Å². The van der Waals surface area contributed by atoms with E-state index in [2.05, 4.69) is 35.6 Å². The van der Waals surface area contributed by atoms with Crippen LogP contribution in [0.5, 0.6) is 0 Å². The second kappa shape index (κ2) is 10.1. The first-order chi connectivity index (χ1) is 19.5. The number of aliphatic hydroxyl groups excluding tert-OH is 2. The Morgan fingerprint density at radius 1 is 1.34 bits per heavy atom. The van der Waals surface area contributed by atoms with E-state index in [1.54, 1.807) is 12.3 Å². The number of oxazole rings is 1. The zero-order chi connectivity index (χ0) is 29.2. The maximum atomic E-state index is 13.3. The standard InChI is InChI=1S/C30H35FN4O5S/c1-28-10-16(12-32)21(35-18-4-6-24(31)33-13-18)9-17(28)3-5-19-20-7-8-30(27(38)41,29(20,2)11-23(36)25(19)28)40-26(37)22-14-39-15-34-22/h4,6,9,12-15,19-20,23,25,27,36,38,41H,3,5,7-8,10-11,32H2,1-2H3. The molecule has 11 heteroatoms. The summed E-state index contributed by atoms with van der Waals surface area (Å²) in [6.45, 7) is 4.21. The fourth-order valence-corrected chi connectivity index (χ4v) is 9.18. The van der Waals surface area contributed by atoms with Gasteiger partial charge in [-0.05, 0) is 91.7 Å². The first-order valence-corrected chi connectivity index (χ1v) is 14.5. The molecule has 0 spiro atoms. The first kappa shape index (κ1) is 28.1. The number of ether oxygens (including phenoxy) is 1. The molecular weight excluding hydrogens is 547 g/mol. The number of aromatic nitrogens is 2. The van der Waals surface area contributed by atoms with Gasteiger partial charge in [0.05, 0.1) is 23.7 Å². The van der Waals surface area contributed by atoms with Crippen molar-refractivity contribution in [2.75, 3.05) is 0 Å². The van der Waals surface area contributed by atoms with Crippen molar-refractivity contribution < 1.29 is 28.6 Å². The highest BCUT2D eigenvalue weighted by Gasteiger charge is 2.70. The molecule has 8 atom stereocenters. The Morgan fingerprint density at radius 3 is 2.80 bits per heavy atom. The molecule has 0 aromatic carbocycles. The summed E-state index contributed by atoms with van der Waals surface area (Å²) in [6, 6.07) is 2.86. The molecular formula is C30H35FN4O5S. The second-order valence-corrected chi connectivity index (χ2v) is 12.9. The minimum atomic E-state index is -1.29. The van der Waals surface area contributed by atoms with Crippen LogP contribution >= 0.6 is 12.6 Å². The highest BCUT2D eigenvalue weighted by Crippen LogP contribution is 2.69. The molecule has 0 aliphatic heterocycles. The van der Waals surface area contributed by atoms with Gasteiger partial charge in [-0.3, -0.25) is 0 Å². The Bertz CT molecular complexity index is 1430. The van der Waals surface area contributed by atoms with Crippen LogP contribution < -0.4 is 5.73 Å². The smallest absolute Gasteiger partial charge is 0.361 e. The van der Waals surface area contributed by atoms with E-state index < -0.39 is 34.5 Å². The van der Waals surface area contributed by atoms with Crippen LogP contribution in [0.15, 0.2) is 63.8 Å². The molecule has 41 heavy (non-hydrogen) atoms. The number of hydrogen-bond donors (Lipinski definition) is 4. The molecule has 3 fully saturated rings. The summed E-state index contributed by atoms with van der Waals surface area (Å²) in [5, 5.41) is 22.9. The van der Waals surface area contributed by atoms with Crippen molar-refractivity contribution >= 4 is 30.0 Å². The van der Waals surface area contributed by atoms with Crippen molar-refractivity contribution in [3.63, 3.8) is 0 Å². The number of pyridine rings is 1. The number of nitrogens with zero attached hydrogens (tertiary/aromatic N) is 3. The van der Waals surface area contributed by atoms with E-state index in [1.165, 1.54) is 24.1 Å². The highest BCUT2D eigenvalue weighted by molar-refractivity contribution is 7.80. The third-order valence-corrected chi connectivity index (χ3v) is 11.0. The zero-order valence-electron chi connectivity index (χ0n) is 23.0. The van der Waals surface area contributed by atoms with Crippen molar-refractivity contribution in [2.45, 2.75) is 69.5 Å². The van der Waals surface area contributed by atoms with Crippen molar-refractivity contribution in [3.8, 4) is 0 Å². The van der Waals surface area contributed by atoms with Gasteiger partial charge in [0.1, 0.15) is 11.7 Å². The molecule has 0 saturated heterocycles. The Morgan fingerprint density at radius 2 is 2.15 bits per heavy atom. The number of hydrogen-bond acceptors (Lipinski definition) is 10. The van der Waals surface area contributed by atoms with Crippen LogP contribution in [0.25, 0.3) is 0 Å². The Labute approximate surface area is 243 Å². The lowest BCUT2D eigenvalue weighted by molar-refractivity contribution is -0.187. The minimum Gasteiger partial charge on any atom is -0.451 e.